The van der Waals surface area contributed by atoms with Crippen molar-refractivity contribution in [1.29, 1.82) is 0 Å². The van der Waals surface area contributed by atoms with Crippen LogP contribution in [0.2, 0.25) is 0 Å². The van der Waals surface area contributed by atoms with Crippen molar-refractivity contribution in [2.75, 3.05) is 38.7 Å². The van der Waals surface area contributed by atoms with Crippen molar-refractivity contribution in [2.45, 2.75) is 26.3 Å². The van der Waals surface area contributed by atoms with Crippen LogP contribution in [0.3, 0.4) is 0 Å². The van der Waals surface area contributed by atoms with E-state index in [4.69, 9.17) is 4.74 Å². The summed E-state index contributed by atoms with van der Waals surface area (Å²) >= 11 is 0. The van der Waals surface area contributed by atoms with Crippen LogP contribution in [-0.4, -0.2) is 54.7 Å². The molecular weight excluding hydrogens is 307 g/mol. The smallest absolute Gasteiger partial charge is 0.167 e. The number of benzene rings is 1. The van der Waals surface area contributed by atoms with Gasteiger partial charge in [-0.15, -0.1) is 0 Å². The predicted molar refractivity (Wildman–Crippen MR) is 94.1 cm³/mol. The molecule has 24 heavy (non-hydrogen) atoms. The van der Waals surface area contributed by atoms with E-state index in [-0.39, 0.29) is 5.75 Å². The molecule has 130 valence electrons. The van der Waals surface area contributed by atoms with Crippen molar-refractivity contribution in [3.8, 4) is 5.75 Å². The van der Waals surface area contributed by atoms with E-state index in [0.717, 1.165) is 37.3 Å². The molecule has 1 fully saturated rings. The normalized spacial score (nSPS) is 21.9. The standard InChI is InChI=1S/C18H25FN4O/c1-5-23-7-6-16(12(2)10-23)22(3)18-13-8-17(24-4)14(19)9-15(13)20-11-21-18/h8-9,11-12,16H,5-7,10H2,1-4H3. The number of halogens is 1. The van der Waals surface area contributed by atoms with Crippen molar-refractivity contribution >= 4 is 16.7 Å². The first-order chi connectivity index (χ1) is 11.5. The Balaban J connectivity index is 1.96. The van der Waals surface area contributed by atoms with Gasteiger partial charge in [0.05, 0.1) is 12.6 Å². The summed E-state index contributed by atoms with van der Waals surface area (Å²) in [5, 5.41) is 0.823. The van der Waals surface area contributed by atoms with Gasteiger partial charge in [-0.05, 0) is 24.9 Å². The van der Waals surface area contributed by atoms with Crippen LogP contribution in [0.4, 0.5) is 10.2 Å². The number of rotatable bonds is 4. The first-order valence-corrected chi connectivity index (χ1v) is 8.48. The van der Waals surface area contributed by atoms with E-state index in [1.165, 1.54) is 19.5 Å². The van der Waals surface area contributed by atoms with Crippen LogP contribution in [0, 0.1) is 11.7 Å². The first kappa shape index (κ1) is 16.9. The molecule has 1 aliphatic heterocycles. The van der Waals surface area contributed by atoms with E-state index in [1.807, 2.05) is 0 Å². The maximum absolute atomic E-state index is 13.9. The van der Waals surface area contributed by atoms with Gasteiger partial charge in [-0.2, -0.15) is 0 Å². The minimum absolute atomic E-state index is 0.223. The Morgan fingerprint density at radius 1 is 1.38 bits per heavy atom. The van der Waals surface area contributed by atoms with Crippen molar-refractivity contribution < 1.29 is 9.13 Å². The molecule has 0 spiro atoms. The quantitative estimate of drug-likeness (QED) is 0.861. The lowest BCUT2D eigenvalue weighted by Crippen LogP contribution is -2.49. The van der Waals surface area contributed by atoms with Gasteiger partial charge in [0, 0.05) is 37.6 Å². The van der Waals surface area contributed by atoms with Gasteiger partial charge in [0.15, 0.2) is 11.6 Å². The maximum atomic E-state index is 13.9. The van der Waals surface area contributed by atoms with Crippen LogP contribution in [0.5, 0.6) is 5.75 Å². The Labute approximate surface area is 142 Å². The number of hydrogen-bond acceptors (Lipinski definition) is 5. The average Bonchev–Trinajstić information content (AvgIpc) is 2.59. The van der Waals surface area contributed by atoms with Gasteiger partial charge in [0.2, 0.25) is 0 Å². The number of piperidine rings is 1. The second-order valence-electron chi connectivity index (χ2n) is 6.54. The lowest BCUT2D eigenvalue weighted by Gasteiger charge is -2.41. The highest BCUT2D eigenvalue weighted by atomic mass is 19.1. The molecule has 0 bridgehead atoms. The Morgan fingerprint density at radius 3 is 2.83 bits per heavy atom. The first-order valence-electron chi connectivity index (χ1n) is 8.48. The Kier molecular flexibility index (Phi) is 4.85. The molecule has 5 nitrogen and oxygen atoms in total. The van der Waals surface area contributed by atoms with Crippen molar-refractivity contribution in [2.24, 2.45) is 5.92 Å². The minimum Gasteiger partial charge on any atom is -0.494 e. The predicted octanol–water partition coefficient (Wildman–Crippen LogP) is 2.94. The number of likely N-dealkylation sites (tertiary alicyclic amines) is 1. The second kappa shape index (κ2) is 6.89. The van der Waals surface area contributed by atoms with Crippen molar-refractivity contribution in [3.63, 3.8) is 0 Å². The lowest BCUT2D eigenvalue weighted by molar-refractivity contribution is 0.169. The highest BCUT2D eigenvalue weighted by Crippen LogP contribution is 2.32. The largest absolute Gasteiger partial charge is 0.494 e. The molecule has 0 saturated carbocycles. The molecule has 6 heteroatoms. The molecule has 0 N–H and O–H groups in total. The van der Waals surface area contributed by atoms with Gasteiger partial charge in [-0.25, -0.2) is 14.4 Å². The fourth-order valence-electron chi connectivity index (χ4n) is 3.72. The zero-order valence-electron chi connectivity index (χ0n) is 14.8. The molecule has 2 aromatic rings. The molecule has 1 saturated heterocycles. The average molecular weight is 332 g/mol. The lowest BCUT2D eigenvalue weighted by atomic mass is 9.92. The summed E-state index contributed by atoms with van der Waals surface area (Å²) in [5.41, 5.74) is 0.601. The second-order valence-corrected chi connectivity index (χ2v) is 6.54. The fraction of sp³-hybridized carbons (Fsp3) is 0.556. The minimum atomic E-state index is -0.401. The summed E-state index contributed by atoms with van der Waals surface area (Å²) in [6.07, 6.45) is 2.60. The number of nitrogens with zero attached hydrogens (tertiary/aromatic N) is 4. The van der Waals surface area contributed by atoms with Gasteiger partial charge in [-0.1, -0.05) is 13.8 Å². The summed E-state index contributed by atoms with van der Waals surface area (Å²) in [6.45, 7) is 7.76. The van der Waals surface area contributed by atoms with Gasteiger partial charge >= 0.3 is 0 Å². The highest BCUT2D eigenvalue weighted by molar-refractivity contribution is 5.90. The summed E-state index contributed by atoms with van der Waals surface area (Å²) in [7, 11) is 3.54. The molecule has 0 radical (unpaired) electrons. The molecular formula is C18H25FN4O. The SMILES string of the molecule is CCN1CCC(N(C)c2ncnc3cc(F)c(OC)cc23)C(C)C1. The number of ether oxygens (including phenoxy) is 1. The molecule has 1 aromatic carbocycles. The monoisotopic (exact) mass is 332 g/mol. The molecule has 2 atom stereocenters. The Morgan fingerprint density at radius 2 is 2.17 bits per heavy atom. The number of anilines is 1. The Hall–Kier alpha value is -1.95. The topological polar surface area (TPSA) is 41.5 Å². The Bertz CT molecular complexity index is 723. The number of fused-ring (bicyclic) bond motifs is 1. The molecule has 1 aliphatic rings. The van der Waals surface area contributed by atoms with E-state index < -0.39 is 5.82 Å². The molecule has 2 unspecified atom stereocenters. The van der Waals surface area contributed by atoms with Crippen LogP contribution >= 0.6 is 0 Å². The van der Waals surface area contributed by atoms with Gasteiger partial charge in [-0.3, -0.25) is 0 Å². The maximum Gasteiger partial charge on any atom is 0.167 e. The summed E-state index contributed by atoms with van der Waals surface area (Å²) in [6, 6.07) is 3.51. The highest BCUT2D eigenvalue weighted by Gasteiger charge is 2.29. The van der Waals surface area contributed by atoms with Crippen molar-refractivity contribution in [3.05, 3.63) is 24.3 Å². The van der Waals surface area contributed by atoms with Gasteiger partial charge in [0.1, 0.15) is 12.1 Å². The number of methoxy groups -OCH3 is 1. The zero-order chi connectivity index (χ0) is 17.3. The fourth-order valence-corrected chi connectivity index (χ4v) is 3.72. The van der Waals surface area contributed by atoms with Crippen molar-refractivity contribution in [1.82, 2.24) is 14.9 Å². The van der Waals surface area contributed by atoms with E-state index >= 15 is 0 Å². The van der Waals surface area contributed by atoms with Crippen LogP contribution in [-0.2, 0) is 0 Å². The molecule has 2 heterocycles. The van der Waals surface area contributed by atoms with E-state index in [2.05, 4.69) is 40.7 Å². The molecule has 0 amide bonds. The van der Waals surface area contributed by atoms with Crippen LogP contribution in [0.25, 0.3) is 10.9 Å². The summed E-state index contributed by atoms with van der Waals surface area (Å²) < 4.78 is 19.1. The van der Waals surface area contributed by atoms with E-state index in [0.29, 0.717) is 17.5 Å². The third-order valence-corrected chi connectivity index (χ3v) is 5.11. The third kappa shape index (κ3) is 3.02. The number of hydrogen-bond donors (Lipinski definition) is 0. The van der Waals surface area contributed by atoms with Gasteiger partial charge < -0.3 is 14.5 Å². The van der Waals surface area contributed by atoms with Crippen LogP contribution < -0.4 is 9.64 Å². The third-order valence-electron chi connectivity index (χ3n) is 5.11. The summed E-state index contributed by atoms with van der Waals surface area (Å²) in [4.78, 5) is 13.4. The van der Waals surface area contributed by atoms with E-state index in [1.54, 1.807) is 6.07 Å². The molecule has 1 aromatic heterocycles. The van der Waals surface area contributed by atoms with Crippen LogP contribution in [0.1, 0.15) is 20.3 Å². The molecule has 3 rings (SSSR count). The number of aromatic nitrogens is 2. The summed E-state index contributed by atoms with van der Waals surface area (Å²) in [5.74, 6) is 1.19. The zero-order valence-corrected chi connectivity index (χ0v) is 14.8. The van der Waals surface area contributed by atoms with Crippen LogP contribution in [0.15, 0.2) is 18.5 Å². The molecule has 0 aliphatic carbocycles. The van der Waals surface area contributed by atoms with Gasteiger partial charge in [0.25, 0.3) is 0 Å². The van der Waals surface area contributed by atoms with E-state index in [9.17, 15) is 4.39 Å².